The van der Waals surface area contributed by atoms with Gasteiger partial charge in [0.15, 0.2) is 0 Å². The first-order valence-corrected chi connectivity index (χ1v) is 13.2. The normalized spacial score (nSPS) is 44.2. The van der Waals surface area contributed by atoms with E-state index in [1.54, 1.807) is 0 Å². The molecule has 5 unspecified atom stereocenters. The van der Waals surface area contributed by atoms with Gasteiger partial charge in [-0.15, -0.1) is 13.2 Å². The zero-order chi connectivity index (χ0) is 23.3. The number of carboxylic acid groups (broad SMARTS) is 1. The number of aliphatic hydroxyl groups is 1. The van der Waals surface area contributed by atoms with Crippen LogP contribution in [-0.4, -0.2) is 22.3 Å². The van der Waals surface area contributed by atoms with Crippen molar-refractivity contribution in [3.8, 4) is 0 Å². The molecule has 0 radical (unpaired) electrons. The molecule has 0 heterocycles. The topological polar surface area (TPSA) is 57.5 Å². The van der Waals surface area contributed by atoms with Crippen LogP contribution in [0.5, 0.6) is 0 Å². The smallest absolute Gasteiger partial charge is 0.303 e. The summed E-state index contributed by atoms with van der Waals surface area (Å²) in [6.07, 6.45) is 11.2. The van der Waals surface area contributed by atoms with Crippen molar-refractivity contribution in [2.24, 2.45) is 52.8 Å². The summed E-state index contributed by atoms with van der Waals surface area (Å²) in [5, 5.41) is 20.3. The van der Waals surface area contributed by atoms with Crippen LogP contribution in [0.2, 0.25) is 0 Å². The molecule has 0 aliphatic heterocycles. The van der Waals surface area contributed by atoms with Crippen LogP contribution in [0, 0.1) is 52.8 Å². The molecule has 2 N–H and O–H groups in total. The lowest BCUT2D eigenvalue weighted by Crippen LogP contribution is -2.56. The monoisotopic (exact) mass is 434 g/mol. The maximum atomic E-state index is 11.2. The van der Waals surface area contributed by atoms with E-state index in [9.17, 15) is 9.90 Å². The average molecular weight is 435 g/mol. The van der Waals surface area contributed by atoms with Gasteiger partial charge < -0.3 is 10.2 Å². The molecule has 0 bridgehead atoms. The van der Waals surface area contributed by atoms with Gasteiger partial charge in [0.05, 0.1) is 6.10 Å². The molecule has 0 amide bonds. The van der Waals surface area contributed by atoms with E-state index in [1.165, 1.54) is 44.9 Å². The molecule has 4 rings (SSSR count). The van der Waals surface area contributed by atoms with Crippen molar-refractivity contribution in [2.45, 2.75) is 105 Å². The third kappa shape index (κ3) is 5.23. The largest absolute Gasteiger partial charge is 0.481 e. The highest BCUT2D eigenvalue weighted by atomic mass is 16.4. The minimum Gasteiger partial charge on any atom is -0.481 e. The second kappa shape index (κ2) is 11.3. The van der Waals surface area contributed by atoms with Gasteiger partial charge in [0.25, 0.3) is 0 Å². The molecular weight excluding hydrogens is 384 g/mol. The van der Waals surface area contributed by atoms with Crippen LogP contribution in [0.1, 0.15) is 98.8 Å². The Balaban J connectivity index is 0.000000807. The third-order valence-electron chi connectivity index (χ3n) is 9.86. The minimum absolute atomic E-state index is 0.0979. The van der Waals surface area contributed by atoms with Crippen molar-refractivity contribution in [2.75, 3.05) is 0 Å². The van der Waals surface area contributed by atoms with Gasteiger partial charge in [-0.25, -0.2) is 0 Å². The molecule has 0 aromatic heterocycles. The number of aliphatic carboxylic acids is 1. The summed E-state index contributed by atoms with van der Waals surface area (Å²) in [6.45, 7) is 17.2. The summed E-state index contributed by atoms with van der Waals surface area (Å²) < 4.78 is 0. The number of hydrogen-bond donors (Lipinski definition) is 2. The lowest BCUT2D eigenvalue weighted by atomic mass is 9.45. The maximum absolute atomic E-state index is 11.2. The fourth-order valence-corrected chi connectivity index (χ4v) is 8.43. The number of hydrogen-bond acceptors (Lipinski definition) is 2. The number of carbonyl (C=O) groups is 1. The second-order valence-corrected chi connectivity index (χ2v) is 11.1. The highest BCUT2D eigenvalue weighted by molar-refractivity contribution is 5.66. The summed E-state index contributed by atoms with van der Waals surface area (Å²) >= 11 is 0. The zero-order valence-corrected chi connectivity index (χ0v) is 21.0. The maximum Gasteiger partial charge on any atom is 0.303 e. The van der Waals surface area contributed by atoms with Crippen molar-refractivity contribution in [3.63, 3.8) is 0 Å². The fourth-order valence-electron chi connectivity index (χ4n) is 8.43. The Kier molecular flexibility index (Phi) is 9.67. The van der Waals surface area contributed by atoms with Crippen LogP contribution in [0.4, 0.5) is 0 Å². The van der Waals surface area contributed by atoms with Gasteiger partial charge in [-0.3, -0.25) is 4.79 Å². The van der Waals surface area contributed by atoms with E-state index in [-0.39, 0.29) is 6.10 Å². The van der Waals surface area contributed by atoms with E-state index >= 15 is 0 Å². The summed E-state index contributed by atoms with van der Waals surface area (Å²) in [7, 11) is 0. The van der Waals surface area contributed by atoms with Crippen molar-refractivity contribution in [1.82, 2.24) is 0 Å². The highest BCUT2D eigenvalue weighted by Gasteiger charge is 2.59. The second-order valence-electron chi connectivity index (χ2n) is 11.1. The SMILES string of the molecule is C=C.CC.C[C@@H]1CCC2(C)C(CC(O)C3[C@@H]4CC[C@H]([C@H](C)CCC(=O)O)C4CC[C@@H]32)C1. The Labute approximate surface area is 192 Å². The number of fused-ring (bicyclic) bond motifs is 5. The standard InChI is InChI=1S/C24H40O3.C2H6.C2H4/c1-14-10-11-24(3)16(12-14)13-21(25)23-19-6-5-17(15(2)4-9-22(26)27)18(19)7-8-20(23)24;2*1-2/h14-21,23,25H,4-13H2,1-3H3,(H,26,27);1-2H3;1-2H2/t14-,15-,16?,17-,18?,19-,20+,21?,23?,24?;;/m1../s1. The predicted molar refractivity (Wildman–Crippen MR) is 130 cm³/mol. The van der Waals surface area contributed by atoms with Crippen LogP contribution >= 0.6 is 0 Å². The third-order valence-corrected chi connectivity index (χ3v) is 9.86. The quantitative estimate of drug-likeness (QED) is 0.460. The molecule has 4 fully saturated rings. The van der Waals surface area contributed by atoms with Crippen molar-refractivity contribution >= 4 is 5.97 Å². The summed E-state index contributed by atoms with van der Waals surface area (Å²) in [6, 6.07) is 0. The molecule has 0 aromatic rings. The van der Waals surface area contributed by atoms with Crippen molar-refractivity contribution in [3.05, 3.63) is 13.2 Å². The Hall–Kier alpha value is -0.830. The van der Waals surface area contributed by atoms with Crippen molar-refractivity contribution in [1.29, 1.82) is 0 Å². The van der Waals surface area contributed by atoms with E-state index in [0.717, 1.165) is 30.6 Å². The average Bonchev–Trinajstić information content (AvgIpc) is 3.20. The van der Waals surface area contributed by atoms with Gasteiger partial charge >= 0.3 is 5.97 Å². The summed E-state index contributed by atoms with van der Waals surface area (Å²) in [5.41, 5.74) is 0.453. The van der Waals surface area contributed by atoms with E-state index in [2.05, 4.69) is 33.9 Å². The zero-order valence-electron chi connectivity index (χ0n) is 21.0. The molecule has 3 heteroatoms. The van der Waals surface area contributed by atoms with E-state index in [4.69, 9.17) is 5.11 Å². The Morgan fingerprint density at radius 3 is 2.35 bits per heavy atom. The Morgan fingerprint density at radius 1 is 1.06 bits per heavy atom. The Morgan fingerprint density at radius 2 is 1.71 bits per heavy atom. The van der Waals surface area contributed by atoms with Gasteiger partial charge in [0, 0.05) is 6.42 Å². The minimum atomic E-state index is -0.659. The lowest BCUT2D eigenvalue weighted by molar-refractivity contribution is -0.151. The van der Waals surface area contributed by atoms with E-state index in [1.807, 2.05) is 13.8 Å². The fraction of sp³-hybridized carbons (Fsp3) is 0.893. The molecule has 4 aliphatic carbocycles. The van der Waals surface area contributed by atoms with E-state index in [0.29, 0.717) is 41.4 Å². The first-order valence-electron chi connectivity index (χ1n) is 13.2. The van der Waals surface area contributed by atoms with Gasteiger partial charge in [-0.1, -0.05) is 41.0 Å². The van der Waals surface area contributed by atoms with Gasteiger partial charge in [0.1, 0.15) is 0 Å². The van der Waals surface area contributed by atoms with Crippen LogP contribution in [0.15, 0.2) is 13.2 Å². The van der Waals surface area contributed by atoms with Crippen molar-refractivity contribution < 1.29 is 15.0 Å². The molecule has 31 heavy (non-hydrogen) atoms. The summed E-state index contributed by atoms with van der Waals surface area (Å²) in [5.74, 6) is 4.72. The predicted octanol–water partition coefficient (Wildman–Crippen LogP) is 7.19. The summed E-state index contributed by atoms with van der Waals surface area (Å²) in [4.78, 5) is 11.0. The molecule has 0 spiro atoms. The molecule has 10 atom stereocenters. The molecule has 3 nitrogen and oxygen atoms in total. The number of aliphatic hydroxyl groups excluding tert-OH is 1. The van der Waals surface area contributed by atoms with Crippen LogP contribution in [0.3, 0.4) is 0 Å². The first kappa shape index (κ1) is 26.4. The molecule has 0 aromatic carbocycles. The lowest BCUT2D eigenvalue weighted by Gasteiger charge is -2.60. The van der Waals surface area contributed by atoms with Gasteiger partial charge in [-0.05, 0) is 104 Å². The number of carboxylic acids is 1. The molecular formula is C28H50O3. The molecule has 4 aliphatic rings. The molecule has 0 saturated heterocycles. The van der Waals surface area contributed by atoms with E-state index < -0.39 is 5.97 Å². The highest BCUT2D eigenvalue weighted by Crippen LogP contribution is 2.64. The molecule has 180 valence electrons. The van der Waals surface area contributed by atoms with Gasteiger partial charge in [-0.2, -0.15) is 0 Å². The van der Waals surface area contributed by atoms with Crippen LogP contribution in [0.25, 0.3) is 0 Å². The van der Waals surface area contributed by atoms with Gasteiger partial charge in [0.2, 0.25) is 0 Å². The number of rotatable bonds is 4. The van der Waals surface area contributed by atoms with Crippen LogP contribution < -0.4 is 0 Å². The Bertz CT molecular complexity index is 575. The molecule has 4 saturated carbocycles. The first-order chi connectivity index (χ1) is 14.8. The van der Waals surface area contributed by atoms with Crippen LogP contribution in [-0.2, 0) is 4.79 Å².